The van der Waals surface area contributed by atoms with Crippen molar-refractivity contribution in [3.8, 4) is 17.2 Å². The van der Waals surface area contributed by atoms with E-state index in [0.29, 0.717) is 12.8 Å². The highest BCUT2D eigenvalue weighted by Crippen LogP contribution is 2.51. The second kappa shape index (κ2) is 7.48. The molecule has 0 radical (unpaired) electrons. The van der Waals surface area contributed by atoms with Crippen LogP contribution in [0.25, 0.3) is 0 Å². The number of methoxy groups -OCH3 is 1. The number of carbonyl (C=O) groups excluding carboxylic acids is 1. The Hall–Kier alpha value is -3.34. The molecule has 0 spiro atoms. The summed E-state index contributed by atoms with van der Waals surface area (Å²) in [7, 11) is 1.68. The molecular formula is C25H23NO4. The lowest BCUT2D eigenvalue weighted by Crippen LogP contribution is -2.22. The number of pyridine rings is 1. The Kier molecular flexibility index (Phi) is 4.66. The van der Waals surface area contributed by atoms with Crippen molar-refractivity contribution < 1.29 is 19.0 Å². The van der Waals surface area contributed by atoms with Crippen LogP contribution in [0.1, 0.15) is 35.2 Å². The van der Waals surface area contributed by atoms with Crippen LogP contribution in [0, 0.1) is 0 Å². The standard InChI is InChI=1S/C25H23NO4/c1-28-21-5-3-2-4-18(21)13-20-8-6-17(15-26-20)12-24(27)25(10-11-25)19-7-9-22-23(14-19)30-16-29-22/h2-9,14-15H,10-13,16H2,1H3. The van der Waals surface area contributed by atoms with Gasteiger partial charge in [0.1, 0.15) is 11.5 Å². The molecule has 1 aromatic heterocycles. The number of nitrogens with zero attached hydrogens (tertiary/aromatic N) is 1. The first-order valence-electron chi connectivity index (χ1n) is 10.2. The Morgan fingerprint density at radius 1 is 1.07 bits per heavy atom. The second-order valence-electron chi connectivity index (χ2n) is 7.90. The highest BCUT2D eigenvalue weighted by atomic mass is 16.7. The molecule has 2 heterocycles. The van der Waals surface area contributed by atoms with Crippen molar-refractivity contribution in [1.82, 2.24) is 4.98 Å². The van der Waals surface area contributed by atoms with Crippen LogP contribution in [0.2, 0.25) is 0 Å². The van der Waals surface area contributed by atoms with Gasteiger partial charge in [-0.05, 0) is 48.2 Å². The summed E-state index contributed by atoms with van der Waals surface area (Å²) >= 11 is 0. The molecule has 5 nitrogen and oxygen atoms in total. The minimum Gasteiger partial charge on any atom is -0.496 e. The predicted octanol–water partition coefficient (Wildman–Crippen LogP) is 4.25. The Balaban J connectivity index is 1.28. The van der Waals surface area contributed by atoms with Crippen molar-refractivity contribution in [2.75, 3.05) is 13.9 Å². The van der Waals surface area contributed by atoms with Gasteiger partial charge >= 0.3 is 0 Å². The fourth-order valence-corrected chi connectivity index (χ4v) is 4.11. The minimum absolute atomic E-state index is 0.237. The Bertz CT molecular complexity index is 1090. The number of ether oxygens (including phenoxy) is 3. The van der Waals surface area contributed by atoms with Crippen molar-refractivity contribution in [3.63, 3.8) is 0 Å². The first kappa shape index (κ1) is 18.7. The van der Waals surface area contributed by atoms with E-state index in [2.05, 4.69) is 4.98 Å². The molecule has 0 saturated heterocycles. The highest BCUT2D eigenvalue weighted by Gasteiger charge is 2.50. The van der Waals surface area contributed by atoms with E-state index in [1.54, 1.807) is 7.11 Å². The Morgan fingerprint density at radius 3 is 2.67 bits per heavy atom. The van der Waals surface area contributed by atoms with Crippen LogP contribution in [-0.4, -0.2) is 24.7 Å². The van der Waals surface area contributed by atoms with Crippen molar-refractivity contribution >= 4 is 5.78 Å². The lowest BCUT2D eigenvalue weighted by Gasteiger charge is -2.15. The molecule has 1 fully saturated rings. The van der Waals surface area contributed by atoms with Gasteiger partial charge in [0.15, 0.2) is 11.5 Å². The van der Waals surface area contributed by atoms with Crippen molar-refractivity contribution in [1.29, 1.82) is 0 Å². The van der Waals surface area contributed by atoms with Crippen molar-refractivity contribution in [3.05, 3.63) is 83.2 Å². The third-order valence-electron chi connectivity index (χ3n) is 6.02. The molecule has 0 atom stereocenters. The minimum atomic E-state index is -0.392. The molecule has 0 N–H and O–H groups in total. The molecule has 2 aliphatic rings. The average Bonchev–Trinajstić information content (AvgIpc) is 3.46. The van der Waals surface area contributed by atoms with E-state index < -0.39 is 5.41 Å². The summed E-state index contributed by atoms with van der Waals surface area (Å²) in [6, 6.07) is 17.8. The SMILES string of the molecule is COc1ccccc1Cc1ccc(CC(=O)C2(c3ccc4c(c3)OCO4)CC2)cn1. The molecule has 0 bridgehead atoms. The summed E-state index contributed by atoms with van der Waals surface area (Å²) in [4.78, 5) is 17.7. The summed E-state index contributed by atoms with van der Waals surface area (Å²) in [6.07, 6.45) is 4.66. The van der Waals surface area contributed by atoms with Gasteiger partial charge in [-0.15, -0.1) is 0 Å². The number of benzene rings is 2. The number of hydrogen-bond acceptors (Lipinski definition) is 5. The third kappa shape index (κ3) is 3.41. The quantitative estimate of drug-likeness (QED) is 0.592. The van der Waals surface area contributed by atoms with Crippen LogP contribution >= 0.6 is 0 Å². The topological polar surface area (TPSA) is 57.7 Å². The molecule has 0 unspecified atom stereocenters. The van der Waals surface area contributed by atoms with Crippen molar-refractivity contribution in [2.45, 2.75) is 31.1 Å². The van der Waals surface area contributed by atoms with E-state index in [4.69, 9.17) is 14.2 Å². The predicted molar refractivity (Wildman–Crippen MR) is 112 cm³/mol. The van der Waals surface area contributed by atoms with E-state index in [0.717, 1.165) is 52.5 Å². The number of hydrogen-bond donors (Lipinski definition) is 0. The first-order valence-corrected chi connectivity index (χ1v) is 10.2. The maximum absolute atomic E-state index is 13.1. The summed E-state index contributed by atoms with van der Waals surface area (Å²) in [5.41, 5.74) is 3.62. The number of aromatic nitrogens is 1. The van der Waals surface area contributed by atoms with E-state index in [1.165, 1.54) is 0 Å². The normalized spacial score (nSPS) is 15.6. The van der Waals surface area contributed by atoms with Gasteiger partial charge < -0.3 is 14.2 Å². The molecule has 1 aliphatic carbocycles. The summed E-state index contributed by atoms with van der Waals surface area (Å²) < 4.78 is 16.3. The molecule has 1 aliphatic heterocycles. The van der Waals surface area contributed by atoms with Crippen LogP contribution in [-0.2, 0) is 23.1 Å². The molecule has 2 aromatic carbocycles. The van der Waals surface area contributed by atoms with Crippen LogP contribution in [0.4, 0.5) is 0 Å². The zero-order chi connectivity index (χ0) is 20.6. The lowest BCUT2D eigenvalue weighted by atomic mass is 9.88. The molecule has 3 aromatic rings. The largest absolute Gasteiger partial charge is 0.496 e. The number of fused-ring (bicyclic) bond motifs is 1. The molecule has 0 amide bonds. The smallest absolute Gasteiger partial charge is 0.231 e. The number of para-hydroxylation sites is 1. The second-order valence-corrected chi connectivity index (χ2v) is 7.90. The van der Waals surface area contributed by atoms with Gasteiger partial charge in [0.2, 0.25) is 6.79 Å². The van der Waals surface area contributed by atoms with E-state index in [1.807, 2.05) is 60.8 Å². The van der Waals surface area contributed by atoms with Crippen LogP contribution in [0.15, 0.2) is 60.8 Å². The fourth-order valence-electron chi connectivity index (χ4n) is 4.11. The summed E-state index contributed by atoms with van der Waals surface area (Å²) in [5, 5.41) is 0. The summed E-state index contributed by atoms with van der Waals surface area (Å²) in [6.45, 7) is 0.243. The maximum atomic E-state index is 13.1. The van der Waals surface area contributed by atoms with Crippen LogP contribution < -0.4 is 14.2 Å². The number of carbonyl (C=O) groups is 1. The van der Waals surface area contributed by atoms with Gasteiger partial charge in [-0.1, -0.05) is 30.3 Å². The number of rotatable bonds is 7. The van der Waals surface area contributed by atoms with Crippen LogP contribution in [0.5, 0.6) is 17.2 Å². The molecule has 5 heteroatoms. The first-order chi connectivity index (χ1) is 14.7. The van der Waals surface area contributed by atoms with Gasteiger partial charge in [-0.3, -0.25) is 9.78 Å². The fraction of sp³-hybridized carbons (Fsp3) is 0.280. The van der Waals surface area contributed by atoms with E-state index in [9.17, 15) is 4.79 Å². The molecule has 30 heavy (non-hydrogen) atoms. The number of Topliss-reactive ketones (excluding diaryl/α,β-unsaturated/α-hetero) is 1. The molecule has 152 valence electrons. The molecular weight excluding hydrogens is 378 g/mol. The zero-order valence-electron chi connectivity index (χ0n) is 16.9. The van der Waals surface area contributed by atoms with E-state index >= 15 is 0 Å². The van der Waals surface area contributed by atoms with Gasteiger partial charge in [0, 0.05) is 30.3 Å². The zero-order valence-corrected chi connectivity index (χ0v) is 16.9. The van der Waals surface area contributed by atoms with Gasteiger partial charge in [0.05, 0.1) is 12.5 Å². The van der Waals surface area contributed by atoms with Gasteiger partial charge in [-0.25, -0.2) is 0 Å². The molecule has 1 saturated carbocycles. The van der Waals surface area contributed by atoms with E-state index in [-0.39, 0.29) is 12.6 Å². The van der Waals surface area contributed by atoms with Gasteiger partial charge in [-0.2, -0.15) is 0 Å². The van der Waals surface area contributed by atoms with Crippen molar-refractivity contribution in [2.24, 2.45) is 0 Å². The summed E-state index contributed by atoms with van der Waals surface area (Å²) in [5.74, 6) is 2.57. The maximum Gasteiger partial charge on any atom is 0.231 e. The Morgan fingerprint density at radius 2 is 1.90 bits per heavy atom. The van der Waals surface area contributed by atoms with Gasteiger partial charge in [0.25, 0.3) is 0 Å². The highest BCUT2D eigenvalue weighted by molar-refractivity contribution is 5.94. The third-order valence-corrected chi connectivity index (χ3v) is 6.02. The number of ketones is 1. The lowest BCUT2D eigenvalue weighted by molar-refractivity contribution is -0.120. The molecule has 5 rings (SSSR count). The Labute approximate surface area is 175 Å². The van der Waals surface area contributed by atoms with Crippen LogP contribution in [0.3, 0.4) is 0 Å². The average molecular weight is 401 g/mol. The monoisotopic (exact) mass is 401 g/mol.